The molecule has 1 N–H and O–H groups in total. The Balaban J connectivity index is 1.96. The van der Waals surface area contributed by atoms with Crippen LogP contribution in [0.3, 0.4) is 0 Å². The second-order valence-electron chi connectivity index (χ2n) is 4.58. The lowest BCUT2D eigenvalue weighted by atomic mass is 10.3. The standard InChI is InChI=1S/C14H15Cl2N3O2S/c1-3-4-12-18-19-14(22-12)17-13(20)8(2)21-11-6-5-9(15)7-10(11)16/h5-8H,3-4H2,1-2H3,(H,17,19,20). The number of aromatic nitrogens is 2. The summed E-state index contributed by atoms with van der Waals surface area (Å²) in [4.78, 5) is 12.1. The van der Waals surface area contributed by atoms with E-state index in [2.05, 4.69) is 22.4 Å². The van der Waals surface area contributed by atoms with Crippen molar-refractivity contribution in [2.45, 2.75) is 32.8 Å². The summed E-state index contributed by atoms with van der Waals surface area (Å²) in [5, 5.41) is 12.8. The van der Waals surface area contributed by atoms with Crippen LogP contribution in [0.15, 0.2) is 18.2 Å². The number of hydrogen-bond donors (Lipinski definition) is 1. The van der Waals surface area contributed by atoms with Crippen molar-refractivity contribution >= 4 is 45.6 Å². The van der Waals surface area contributed by atoms with Gasteiger partial charge in [0.15, 0.2) is 6.10 Å². The van der Waals surface area contributed by atoms with E-state index in [0.29, 0.717) is 20.9 Å². The van der Waals surface area contributed by atoms with Gasteiger partial charge in [-0.25, -0.2) is 0 Å². The number of nitrogens with zero attached hydrogens (tertiary/aromatic N) is 2. The SMILES string of the molecule is CCCc1nnc(NC(=O)C(C)Oc2ccc(Cl)cc2Cl)s1. The number of hydrogen-bond acceptors (Lipinski definition) is 5. The number of anilines is 1. The third-order valence-corrected chi connectivity index (χ3v) is 4.16. The van der Waals surface area contributed by atoms with Crippen LogP contribution >= 0.6 is 34.5 Å². The molecule has 22 heavy (non-hydrogen) atoms. The van der Waals surface area contributed by atoms with E-state index >= 15 is 0 Å². The van der Waals surface area contributed by atoms with Crippen molar-refractivity contribution in [3.05, 3.63) is 33.3 Å². The normalized spacial score (nSPS) is 12.0. The minimum absolute atomic E-state index is 0.315. The number of carbonyl (C=O) groups excluding carboxylic acids is 1. The highest BCUT2D eigenvalue weighted by Gasteiger charge is 2.18. The first-order valence-corrected chi connectivity index (χ1v) is 8.31. The van der Waals surface area contributed by atoms with Gasteiger partial charge in [0.2, 0.25) is 5.13 Å². The van der Waals surface area contributed by atoms with E-state index in [1.165, 1.54) is 11.3 Å². The molecule has 0 bridgehead atoms. The number of nitrogens with one attached hydrogen (secondary N) is 1. The molecule has 2 aromatic rings. The molecule has 1 atom stereocenters. The monoisotopic (exact) mass is 359 g/mol. The molecule has 5 nitrogen and oxygen atoms in total. The van der Waals surface area contributed by atoms with E-state index in [4.69, 9.17) is 27.9 Å². The molecule has 0 aliphatic carbocycles. The number of aryl methyl sites for hydroxylation is 1. The number of halogens is 2. The Morgan fingerprint density at radius 3 is 2.86 bits per heavy atom. The Bertz CT molecular complexity index is 663. The molecule has 0 aliphatic heterocycles. The second-order valence-corrected chi connectivity index (χ2v) is 6.48. The highest BCUT2D eigenvalue weighted by atomic mass is 35.5. The Hall–Kier alpha value is -1.37. The highest BCUT2D eigenvalue weighted by Crippen LogP contribution is 2.28. The first-order chi connectivity index (χ1) is 10.5. The van der Waals surface area contributed by atoms with Crippen LogP contribution in [0, 0.1) is 0 Å². The van der Waals surface area contributed by atoms with E-state index in [1.54, 1.807) is 25.1 Å². The number of ether oxygens (including phenoxy) is 1. The van der Waals surface area contributed by atoms with Gasteiger partial charge in [-0.1, -0.05) is 41.5 Å². The van der Waals surface area contributed by atoms with Gasteiger partial charge in [0, 0.05) is 11.4 Å². The van der Waals surface area contributed by atoms with Crippen molar-refractivity contribution in [3.63, 3.8) is 0 Å². The molecule has 1 unspecified atom stereocenters. The quantitative estimate of drug-likeness (QED) is 0.838. The average molecular weight is 360 g/mol. The van der Waals surface area contributed by atoms with Crippen molar-refractivity contribution in [2.75, 3.05) is 5.32 Å². The Kier molecular flexibility index (Phi) is 5.99. The first kappa shape index (κ1) is 17.0. The number of rotatable bonds is 6. The van der Waals surface area contributed by atoms with Gasteiger partial charge < -0.3 is 4.74 Å². The van der Waals surface area contributed by atoms with Crippen LogP contribution in [-0.2, 0) is 11.2 Å². The molecule has 0 radical (unpaired) electrons. The van der Waals surface area contributed by atoms with E-state index in [9.17, 15) is 4.79 Å². The van der Waals surface area contributed by atoms with Gasteiger partial charge in [-0.2, -0.15) is 0 Å². The summed E-state index contributed by atoms with van der Waals surface area (Å²) in [5.41, 5.74) is 0. The minimum atomic E-state index is -0.725. The van der Waals surface area contributed by atoms with Crippen LogP contribution in [0.5, 0.6) is 5.75 Å². The summed E-state index contributed by atoms with van der Waals surface area (Å²) in [6.07, 6.45) is 1.11. The lowest BCUT2D eigenvalue weighted by Gasteiger charge is -2.14. The lowest BCUT2D eigenvalue weighted by Crippen LogP contribution is -2.30. The van der Waals surface area contributed by atoms with Crippen LogP contribution < -0.4 is 10.1 Å². The van der Waals surface area contributed by atoms with Gasteiger partial charge in [0.05, 0.1) is 5.02 Å². The number of carbonyl (C=O) groups is 1. The van der Waals surface area contributed by atoms with Crippen LogP contribution in [-0.4, -0.2) is 22.2 Å². The maximum absolute atomic E-state index is 12.1. The van der Waals surface area contributed by atoms with Gasteiger partial charge in [0.1, 0.15) is 10.8 Å². The maximum Gasteiger partial charge on any atom is 0.266 e. The molecular weight excluding hydrogens is 345 g/mol. The van der Waals surface area contributed by atoms with Gasteiger partial charge in [-0.3, -0.25) is 10.1 Å². The summed E-state index contributed by atoms with van der Waals surface area (Å²) in [6, 6.07) is 4.83. The molecule has 0 spiro atoms. The summed E-state index contributed by atoms with van der Waals surface area (Å²) >= 11 is 13.2. The largest absolute Gasteiger partial charge is 0.479 e. The molecule has 1 amide bonds. The molecule has 8 heteroatoms. The van der Waals surface area contributed by atoms with Crippen molar-refractivity contribution in [1.29, 1.82) is 0 Å². The zero-order valence-corrected chi connectivity index (χ0v) is 14.4. The second kappa shape index (κ2) is 7.76. The molecule has 0 aliphatic rings. The lowest BCUT2D eigenvalue weighted by molar-refractivity contribution is -0.122. The van der Waals surface area contributed by atoms with Crippen molar-refractivity contribution in [1.82, 2.24) is 10.2 Å². The fourth-order valence-corrected chi connectivity index (χ4v) is 2.94. The molecule has 2 rings (SSSR count). The third kappa shape index (κ3) is 4.56. The highest BCUT2D eigenvalue weighted by molar-refractivity contribution is 7.15. The van der Waals surface area contributed by atoms with E-state index in [0.717, 1.165) is 17.8 Å². The Morgan fingerprint density at radius 1 is 1.41 bits per heavy atom. The fraction of sp³-hybridized carbons (Fsp3) is 0.357. The predicted octanol–water partition coefficient (Wildman–Crippen LogP) is 4.20. The van der Waals surface area contributed by atoms with Crippen LogP contribution in [0.25, 0.3) is 0 Å². The first-order valence-electron chi connectivity index (χ1n) is 6.74. The zero-order valence-electron chi connectivity index (χ0n) is 12.1. The molecule has 0 saturated heterocycles. The molecule has 1 heterocycles. The summed E-state index contributed by atoms with van der Waals surface area (Å²) in [5.74, 6) is 0.0860. The van der Waals surface area contributed by atoms with Gasteiger partial charge in [-0.05, 0) is 31.5 Å². The summed E-state index contributed by atoms with van der Waals surface area (Å²) in [7, 11) is 0. The Morgan fingerprint density at radius 2 is 2.18 bits per heavy atom. The fourth-order valence-electron chi connectivity index (χ4n) is 1.64. The van der Waals surface area contributed by atoms with E-state index in [-0.39, 0.29) is 5.91 Å². The maximum atomic E-state index is 12.1. The zero-order chi connectivity index (χ0) is 16.1. The summed E-state index contributed by atoms with van der Waals surface area (Å²) < 4.78 is 5.54. The van der Waals surface area contributed by atoms with Crippen molar-refractivity contribution < 1.29 is 9.53 Å². The number of benzene rings is 1. The topological polar surface area (TPSA) is 64.1 Å². The Labute approximate surface area is 142 Å². The molecular formula is C14H15Cl2N3O2S. The van der Waals surface area contributed by atoms with E-state index < -0.39 is 6.10 Å². The minimum Gasteiger partial charge on any atom is -0.479 e. The van der Waals surface area contributed by atoms with Gasteiger partial charge in [0.25, 0.3) is 5.91 Å². The van der Waals surface area contributed by atoms with Gasteiger partial charge in [-0.15, -0.1) is 10.2 Å². The third-order valence-electron chi connectivity index (χ3n) is 2.73. The average Bonchev–Trinajstić information content (AvgIpc) is 2.89. The van der Waals surface area contributed by atoms with Crippen LogP contribution in [0.2, 0.25) is 10.0 Å². The molecule has 1 aromatic heterocycles. The number of amides is 1. The summed E-state index contributed by atoms with van der Waals surface area (Å²) in [6.45, 7) is 3.69. The predicted molar refractivity (Wildman–Crippen MR) is 89.1 cm³/mol. The van der Waals surface area contributed by atoms with Crippen LogP contribution in [0.4, 0.5) is 5.13 Å². The smallest absolute Gasteiger partial charge is 0.266 e. The van der Waals surface area contributed by atoms with E-state index in [1.807, 2.05) is 0 Å². The molecule has 0 fully saturated rings. The molecule has 1 aromatic carbocycles. The van der Waals surface area contributed by atoms with Crippen LogP contribution in [0.1, 0.15) is 25.3 Å². The van der Waals surface area contributed by atoms with Crippen molar-refractivity contribution in [2.24, 2.45) is 0 Å². The van der Waals surface area contributed by atoms with Crippen molar-refractivity contribution in [3.8, 4) is 5.75 Å². The van der Waals surface area contributed by atoms with Gasteiger partial charge >= 0.3 is 0 Å². The molecule has 118 valence electrons. The molecule has 0 saturated carbocycles.